The van der Waals surface area contributed by atoms with E-state index in [1.54, 1.807) is 25.6 Å². The van der Waals surface area contributed by atoms with Crippen LogP contribution in [0.25, 0.3) is 0 Å². The average Bonchev–Trinajstić information content (AvgIpc) is 2.16. The van der Waals surface area contributed by atoms with Gasteiger partial charge in [-0.15, -0.1) is 11.8 Å². The first kappa shape index (κ1) is 12.5. The molecule has 0 aliphatic rings. The summed E-state index contributed by atoms with van der Waals surface area (Å²) in [6.07, 6.45) is 0.566. The maximum Gasteiger partial charge on any atom is 0.106 e. The summed E-state index contributed by atoms with van der Waals surface area (Å²) >= 11 is 1.68. The second-order valence-electron chi connectivity index (χ2n) is 4.13. The molecule has 1 aromatic carbocycles. The van der Waals surface area contributed by atoms with Gasteiger partial charge in [0.15, 0.2) is 0 Å². The van der Waals surface area contributed by atoms with Crippen LogP contribution < -0.4 is 5.73 Å². The summed E-state index contributed by atoms with van der Waals surface area (Å²) in [5, 5.41) is 0. The number of benzene rings is 1. The minimum Gasteiger partial charge on any atom is -0.326 e. The van der Waals surface area contributed by atoms with E-state index in [4.69, 9.17) is 5.73 Å². The van der Waals surface area contributed by atoms with Gasteiger partial charge in [-0.2, -0.15) is 0 Å². The lowest BCUT2D eigenvalue weighted by Crippen LogP contribution is -2.12. The fourth-order valence-electron chi connectivity index (χ4n) is 1.22. The highest BCUT2D eigenvalue weighted by molar-refractivity contribution is 7.99. The van der Waals surface area contributed by atoms with Gasteiger partial charge in [-0.3, -0.25) is 0 Å². The van der Waals surface area contributed by atoms with Gasteiger partial charge < -0.3 is 5.73 Å². The van der Waals surface area contributed by atoms with Crippen LogP contribution in [-0.4, -0.2) is 11.4 Å². The van der Waals surface area contributed by atoms with Crippen molar-refractivity contribution in [3.63, 3.8) is 0 Å². The van der Waals surface area contributed by atoms with Gasteiger partial charge in [0.25, 0.3) is 0 Å². The lowest BCUT2D eigenvalue weighted by atomic mass is 10.1. The fraction of sp³-hybridized carbons (Fsp3) is 0.500. The van der Waals surface area contributed by atoms with Crippen LogP contribution in [0.1, 0.15) is 25.8 Å². The van der Waals surface area contributed by atoms with E-state index in [9.17, 15) is 4.39 Å². The number of hydrogen-bond acceptors (Lipinski definition) is 2. The van der Waals surface area contributed by atoms with Gasteiger partial charge in [-0.25, -0.2) is 4.39 Å². The predicted molar refractivity (Wildman–Crippen MR) is 64.9 cm³/mol. The Bertz CT molecular complexity index is 307. The molecule has 1 nitrogen and oxygen atoms in total. The highest BCUT2D eigenvalue weighted by atomic mass is 32.2. The Morgan fingerprint density at radius 3 is 2.60 bits per heavy atom. The second kappa shape index (κ2) is 5.52. The van der Waals surface area contributed by atoms with Crippen molar-refractivity contribution in [3.8, 4) is 0 Å². The smallest absolute Gasteiger partial charge is 0.106 e. The molecule has 0 radical (unpaired) electrons. The quantitative estimate of drug-likeness (QED) is 0.780. The van der Waals surface area contributed by atoms with E-state index in [2.05, 4.69) is 0 Å². The number of rotatable bonds is 5. The summed E-state index contributed by atoms with van der Waals surface area (Å²) in [6, 6.07) is 8.02. The summed E-state index contributed by atoms with van der Waals surface area (Å²) < 4.78 is 13.2. The van der Waals surface area contributed by atoms with Gasteiger partial charge in [0.1, 0.15) is 5.67 Å². The summed E-state index contributed by atoms with van der Waals surface area (Å²) in [7, 11) is 0. The maximum atomic E-state index is 13.2. The number of nitrogens with two attached hydrogens (primary N) is 1. The van der Waals surface area contributed by atoms with Crippen molar-refractivity contribution in [1.29, 1.82) is 0 Å². The van der Waals surface area contributed by atoms with Crippen molar-refractivity contribution >= 4 is 11.8 Å². The number of alkyl halides is 1. The Kier molecular flexibility index (Phi) is 4.61. The molecule has 15 heavy (non-hydrogen) atoms. The van der Waals surface area contributed by atoms with Crippen molar-refractivity contribution in [2.75, 3.05) is 5.75 Å². The van der Waals surface area contributed by atoms with Crippen LogP contribution in [0.2, 0.25) is 0 Å². The zero-order valence-electron chi connectivity index (χ0n) is 9.29. The Morgan fingerprint density at radius 1 is 1.33 bits per heavy atom. The topological polar surface area (TPSA) is 26.0 Å². The monoisotopic (exact) mass is 227 g/mol. The van der Waals surface area contributed by atoms with Gasteiger partial charge in [-0.05, 0) is 31.9 Å². The molecule has 3 heteroatoms. The molecule has 0 aromatic heterocycles. The lowest BCUT2D eigenvalue weighted by Gasteiger charge is -2.13. The van der Waals surface area contributed by atoms with Gasteiger partial charge in [0, 0.05) is 17.2 Å². The van der Waals surface area contributed by atoms with E-state index >= 15 is 0 Å². The van der Waals surface area contributed by atoms with Crippen molar-refractivity contribution < 1.29 is 4.39 Å². The third-order valence-corrected chi connectivity index (χ3v) is 3.26. The summed E-state index contributed by atoms with van der Waals surface area (Å²) in [5.74, 6) is 0.792. The van der Waals surface area contributed by atoms with Crippen LogP contribution in [0.4, 0.5) is 4.39 Å². The fourth-order valence-corrected chi connectivity index (χ4v) is 2.54. The molecule has 0 saturated heterocycles. The zero-order chi connectivity index (χ0) is 11.3. The molecule has 84 valence electrons. The number of hydrogen-bond donors (Lipinski definition) is 1. The molecule has 0 aliphatic heterocycles. The first-order valence-corrected chi connectivity index (χ1v) is 6.11. The molecule has 0 atom stereocenters. The normalized spacial score (nSPS) is 11.7. The molecule has 0 unspecified atom stereocenters. The molecule has 0 saturated carbocycles. The van der Waals surface area contributed by atoms with Crippen LogP contribution in [-0.2, 0) is 6.54 Å². The standard InChI is InChI=1S/C12H18FNS/c1-12(2,13)7-8-15-11-6-4-3-5-10(11)9-14/h3-6H,7-9,14H2,1-2H3. The molecule has 0 amide bonds. The molecule has 1 aromatic rings. The maximum absolute atomic E-state index is 13.2. The molecular weight excluding hydrogens is 209 g/mol. The third-order valence-electron chi connectivity index (χ3n) is 2.15. The molecule has 0 fully saturated rings. The first-order chi connectivity index (χ1) is 7.03. The summed E-state index contributed by atoms with van der Waals surface area (Å²) in [4.78, 5) is 1.17. The SMILES string of the molecule is CC(C)(F)CCSc1ccccc1CN. The summed E-state index contributed by atoms with van der Waals surface area (Å²) in [6.45, 7) is 3.77. The molecule has 0 heterocycles. The number of halogens is 1. The van der Waals surface area contributed by atoms with Crippen molar-refractivity contribution in [2.24, 2.45) is 5.73 Å². The molecule has 2 N–H and O–H groups in total. The van der Waals surface area contributed by atoms with Crippen molar-refractivity contribution in [3.05, 3.63) is 29.8 Å². The Hall–Kier alpha value is -0.540. The van der Waals surface area contributed by atoms with E-state index in [1.807, 2.05) is 24.3 Å². The third kappa shape index (κ3) is 4.67. The molecule has 0 spiro atoms. The Balaban J connectivity index is 2.50. The van der Waals surface area contributed by atoms with Crippen molar-refractivity contribution in [1.82, 2.24) is 0 Å². The van der Waals surface area contributed by atoms with Crippen LogP contribution in [0.15, 0.2) is 29.2 Å². The lowest BCUT2D eigenvalue weighted by molar-refractivity contribution is 0.212. The highest BCUT2D eigenvalue weighted by Gasteiger charge is 2.14. The highest BCUT2D eigenvalue weighted by Crippen LogP contribution is 2.26. The van der Waals surface area contributed by atoms with E-state index in [-0.39, 0.29) is 0 Å². The van der Waals surface area contributed by atoms with Crippen molar-refractivity contribution in [2.45, 2.75) is 37.4 Å². The number of thioether (sulfide) groups is 1. The van der Waals surface area contributed by atoms with Gasteiger partial charge in [0.2, 0.25) is 0 Å². The molecule has 0 aliphatic carbocycles. The predicted octanol–water partition coefficient (Wildman–Crippen LogP) is 3.38. The van der Waals surface area contributed by atoms with Crippen LogP contribution in [0.3, 0.4) is 0 Å². The average molecular weight is 227 g/mol. The second-order valence-corrected chi connectivity index (χ2v) is 5.27. The Morgan fingerprint density at radius 2 is 2.00 bits per heavy atom. The van der Waals surface area contributed by atoms with Crippen LogP contribution in [0, 0.1) is 0 Å². The molecular formula is C12H18FNS. The molecule has 0 bridgehead atoms. The van der Waals surface area contributed by atoms with E-state index < -0.39 is 5.67 Å². The minimum atomic E-state index is -1.08. The minimum absolute atomic E-state index is 0.544. The largest absolute Gasteiger partial charge is 0.326 e. The van der Waals surface area contributed by atoms with E-state index in [0.717, 1.165) is 11.3 Å². The van der Waals surface area contributed by atoms with Gasteiger partial charge in [0.05, 0.1) is 0 Å². The van der Waals surface area contributed by atoms with E-state index in [0.29, 0.717) is 13.0 Å². The van der Waals surface area contributed by atoms with Crippen LogP contribution in [0.5, 0.6) is 0 Å². The zero-order valence-corrected chi connectivity index (χ0v) is 10.1. The molecule has 1 rings (SSSR count). The summed E-state index contributed by atoms with van der Waals surface area (Å²) in [5.41, 5.74) is 5.68. The Labute approximate surface area is 95.2 Å². The van der Waals surface area contributed by atoms with E-state index in [1.165, 1.54) is 4.90 Å². The van der Waals surface area contributed by atoms with Gasteiger partial charge >= 0.3 is 0 Å². The van der Waals surface area contributed by atoms with Crippen LogP contribution >= 0.6 is 11.8 Å². The first-order valence-electron chi connectivity index (χ1n) is 5.12. The van der Waals surface area contributed by atoms with Gasteiger partial charge in [-0.1, -0.05) is 18.2 Å².